The number of halogens is 2. The average Bonchev–Trinajstić information content (AvgIpc) is 2.20. The lowest BCUT2D eigenvalue weighted by molar-refractivity contribution is 0.107. The minimum atomic E-state index is -0.510. The molecule has 1 nitrogen and oxygen atoms in total. The van der Waals surface area contributed by atoms with E-state index >= 15 is 0 Å². The first-order valence-electron chi connectivity index (χ1n) is 6.93. The second kappa shape index (κ2) is 4.86. The zero-order valence-corrected chi connectivity index (χ0v) is 12.0. The summed E-state index contributed by atoms with van der Waals surface area (Å²) in [7, 11) is 0. The number of rotatable bonds is 2. The third kappa shape index (κ3) is 3.33. The molecule has 0 aliphatic heterocycles. The maximum absolute atomic E-state index is 13.8. The fourth-order valence-corrected chi connectivity index (χ4v) is 3.99. The van der Waals surface area contributed by atoms with Gasteiger partial charge in [-0.05, 0) is 49.1 Å². The van der Waals surface area contributed by atoms with Crippen LogP contribution in [0.25, 0.3) is 0 Å². The number of hydrogen-bond donors (Lipinski definition) is 1. The molecule has 2 unspecified atom stereocenters. The number of benzene rings is 1. The Bertz CT molecular complexity index is 450. The number of hydrogen-bond acceptors (Lipinski definition) is 1. The topological polar surface area (TPSA) is 26.0 Å². The van der Waals surface area contributed by atoms with Crippen LogP contribution in [0.15, 0.2) is 18.2 Å². The zero-order valence-electron chi connectivity index (χ0n) is 12.0. The predicted molar refractivity (Wildman–Crippen MR) is 73.8 cm³/mol. The maximum atomic E-state index is 13.8. The molecule has 1 aliphatic rings. The SMILES string of the molecule is CC1CC(C)(C)CC(N)(Cc2c(F)cccc2F)C1. The van der Waals surface area contributed by atoms with E-state index in [-0.39, 0.29) is 17.4 Å². The van der Waals surface area contributed by atoms with Crippen molar-refractivity contribution in [2.24, 2.45) is 17.1 Å². The highest BCUT2D eigenvalue weighted by molar-refractivity contribution is 5.23. The lowest BCUT2D eigenvalue weighted by Gasteiger charge is -2.46. The average molecular weight is 267 g/mol. The first-order chi connectivity index (χ1) is 8.71. The highest BCUT2D eigenvalue weighted by Crippen LogP contribution is 2.44. The first-order valence-corrected chi connectivity index (χ1v) is 6.93. The van der Waals surface area contributed by atoms with Crippen LogP contribution in [0.5, 0.6) is 0 Å². The molecule has 1 fully saturated rings. The van der Waals surface area contributed by atoms with Gasteiger partial charge in [0.25, 0.3) is 0 Å². The van der Waals surface area contributed by atoms with E-state index in [4.69, 9.17) is 5.73 Å². The molecule has 0 spiro atoms. The lowest BCUT2D eigenvalue weighted by Crippen LogP contribution is -2.51. The van der Waals surface area contributed by atoms with Crippen LogP contribution in [-0.2, 0) is 6.42 Å². The van der Waals surface area contributed by atoms with Gasteiger partial charge in [0.2, 0.25) is 0 Å². The van der Waals surface area contributed by atoms with E-state index in [0.29, 0.717) is 5.92 Å². The Labute approximate surface area is 114 Å². The van der Waals surface area contributed by atoms with Crippen LogP contribution < -0.4 is 5.73 Å². The fraction of sp³-hybridized carbons (Fsp3) is 0.625. The van der Waals surface area contributed by atoms with Gasteiger partial charge in [0.1, 0.15) is 11.6 Å². The fourth-order valence-electron chi connectivity index (χ4n) is 3.99. The number of nitrogens with two attached hydrogens (primary N) is 1. The Morgan fingerprint density at radius 1 is 1.21 bits per heavy atom. The molecule has 106 valence electrons. The van der Waals surface area contributed by atoms with Crippen LogP contribution in [0.4, 0.5) is 8.78 Å². The molecule has 3 heteroatoms. The molecule has 0 radical (unpaired) electrons. The van der Waals surface area contributed by atoms with Gasteiger partial charge in [-0.1, -0.05) is 26.8 Å². The molecule has 0 bridgehead atoms. The van der Waals surface area contributed by atoms with Crippen molar-refractivity contribution >= 4 is 0 Å². The van der Waals surface area contributed by atoms with Crippen molar-refractivity contribution in [3.63, 3.8) is 0 Å². The summed E-state index contributed by atoms with van der Waals surface area (Å²) in [6, 6.07) is 4.00. The molecule has 2 N–H and O–H groups in total. The Kier molecular flexibility index (Phi) is 3.69. The highest BCUT2D eigenvalue weighted by Gasteiger charge is 2.41. The molecule has 0 heterocycles. The van der Waals surface area contributed by atoms with Gasteiger partial charge in [0, 0.05) is 11.1 Å². The molecule has 1 aromatic carbocycles. The van der Waals surface area contributed by atoms with Crippen LogP contribution >= 0.6 is 0 Å². The predicted octanol–water partition coefficient (Wildman–Crippen LogP) is 4.05. The molecular weight excluding hydrogens is 244 g/mol. The summed E-state index contributed by atoms with van der Waals surface area (Å²) < 4.78 is 27.5. The monoisotopic (exact) mass is 267 g/mol. The summed E-state index contributed by atoms with van der Waals surface area (Å²) in [4.78, 5) is 0. The Balaban J connectivity index is 2.26. The maximum Gasteiger partial charge on any atom is 0.129 e. The molecular formula is C16H23F2N. The lowest BCUT2D eigenvalue weighted by atomic mass is 9.63. The van der Waals surface area contributed by atoms with Crippen LogP contribution in [0.2, 0.25) is 0 Å². The quantitative estimate of drug-likeness (QED) is 0.859. The summed E-state index contributed by atoms with van der Waals surface area (Å²) >= 11 is 0. The van der Waals surface area contributed by atoms with E-state index in [1.807, 2.05) is 0 Å². The molecule has 19 heavy (non-hydrogen) atoms. The Morgan fingerprint density at radius 3 is 2.32 bits per heavy atom. The smallest absolute Gasteiger partial charge is 0.129 e. The van der Waals surface area contributed by atoms with Gasteiger partial charge in [-0.25, -0.2) is 8.78 Å². The summed E-state index contributed by atoms with van der Waals surface area (Å²) in [6.45, 7) is 6.53. The summed E-state index contributed by atoms with van der Waals surface area (Å²) in [5.74, 6) is -0.481. The zero-order chi connectivity index (χ0) is 14.3. The van der Waals surface area contributed by atoms with Crippen LogP contribution in [0.3, 0.4) is 0 Å². The first kappa shape index (κ1) is 14.4. The summed E-state index contributed by atoms with van der Waals surface area (Å²) in [5, 5.41) is 0. The van der Waals surface area contributed by atoms with E-state index in [2.05, 4.69) is 20.8 Å². The summed E-state index contributed by atoms with van der Waals surface area (Å²) in [5.41, 5.74) is 6.22. The van der Waals surface area contributed by atoms with Crippen LogP contribution in [0.1, 0.15) is 45.6 Å². The second-order valence-electron chi connectivity index (χ2n) is 7.09. The molecule has 0 amide bonds. The molecule has 0 saturated heterocycles. The van der Waals surface area contributed by atoms with Gasteiger partial charge < -0.3 is 5.73 Å². The standard InChI is InChI=1S/C16H23F2N/c1-11-7-15(2,3)10-16(19,8-11)9-12-13(17)5-4-6-14(12)18/h4-6,11H,7-10,19H2,1-3H3. The second-order valence-corrected chi connectivity index (χ2v) is 7.09. The highest BCUT2D eigenvalue weighted by atomic mass is 19.1. The van der Waals surface area contributed by atoms with E-state index < -0.39 is 17.2 Å². The third-order valence-corrected chi connectivity index (χ3v) is 4.08. The molecule has 0 aromatic heterocycles. The van der Waals surface area contributed by atoms with Crippen molar-refractivity contribution in [1.82, 2.24) is 0 Å². The summed E-state index contributed by atoms with van der Waals surface area (Å²) in [6.07, 6.45) is 3.02. The van der Waals surface area contributed by atoms with Gasteiger partial charge in [-0.15, -0.1) is 0 Å². The third-order valence-electron chi connectivity index (χ3n) is 4.08. The van der Waals surface area contributed by atoms with E-state index in [0.717, 1.165) is 19.3 Å². The largest absolute Gasteiger partial charge is 0.325 e. The normalized spacial score (nSPS) is 30.3. The van der Waals surface area contributed by atoms with Gasteiger partial charge in [-0.3, -0.25) is 0 Å². The molecule has 2 rings (SSSR count). The van der Waals surface area contributed by atoms with E-state index in [1.54, 1.807) is 0 Å². The molecule has 1 aromatic rings. The van der Waals surface area contributed by atoms with Gasteiger partial charge >= 0.3 is 0 Å². The molecule has 1 aliphatic carbocycles. The Hall–Kier alpha value is -0.960. The van der Waals surface area contributed by atoms with Gasteiger partial charge in [0.05, 0.1) is 0 Å². The molecule has 1 saturated carbocycles. The van der Waals surface area contributed by atoms with Crippen molar-refractivity contribution in [1.29, 1.82) is 0 Å². The van der Waals surface area contributed by atoms with Crippen LogP contribution in [-0.4, -0.2) is 5.54 Å². The van der Waals surface area contributed by atoms with Gasteiger partial charge in [-0.2, -0.15) is 0 Å². The van der Waals surface area contributed by atoms with Crippen molar-refractivity contribution in [3.05, 3.63) is 35.4 Å². The van der Waals surface area contributed by atoms with E-state index in [9.17, 15) is 8.78 Å². The Morgan fingerprint density at radius 2 is 1.79 bits per heavy atom. The van der Waals surface area contributed by atoms with Crippen LogP contribution in [0, 0.1) is 23.0 Å². The minimum Gasteiger partial charge on any atom is -0.325 e. The van der Waals surface area contributed by atoms with Crippen molar-refractivity contribution in [3.8, 4) is 0 Å². The van der Waals surface area contributed by atoms with Crippen molar-refractivity contribution in [2.75, 3.05) is 0 Å². The van der Waals surface area contributed by atoms with E-state index in [1.165, 1.54) is 18.2 Å². The van der Waals surface area contributed by atoms with Crippen molar-refractivity contribution in [2.45, 2.75) is 52.0 Å². The van der Waals surface area contributed by atoms with Gasteiger partial charge in [0.15, 0.2) is 0 Å². The van der Waals surface area contributed by atoms with Crippen molar-refractivity contribution < 1.29 is 8.78 Å². The minimum absolute atomic E-state index is 0.133. The molecule has 2 atom stereocenters.